The Labute approximate surface area is 93.0 Å². The lowest BCUT2D eigenvalue weighted by Crippen LogP contribution is -2.10. The van der Waals surface area contributed by atoms with Gasteiger partial charge in [0.1, 0.15) is 0 Å². The third-order valence-electron chi connectivity index (χ3n) is 1.51. The predicted octanol–water partition coefficient (Wildman–Crippen LogP) is 3.29. The summed E-state index contributed by atoms with van der Waals surface area (Å²) in [6.45, 7) is 0. The normalized spacial score (nSPS) is 12.9. The predicted molar refractivity (Wildman–Crippen MR) is 49.5 cm³/mol. The molecule has 15 heavy (non-hydrogen) atoms. The monoisotopic (exact) mass is 278 g/mol. The molecule has 0 N–H and O–H groups in total. The maximum absolute atomic E-state index is 12.4. The lowest BCUT2D eigenvalue weighted by atomic mass is 10.2. The van der Waals surface area contributed by atoms with Crippen LogP contribution in [0.1, 0.15) is 5.56 Å². The van der Waals surface area contributed by atoms with E-state index in [-0.39, 0.29) is 5.02 Å². The van der Waals surface area contributed by atoms with E-state index in [4.69, 9.17) is 22.3 Å². The van der Waals surface area contributed by atoms with Crippen molar-refractivity contribution in [2.45, 2.75) is 11.1 Å². The number of rotatable bonds is 1. The smallest absolute Gasteiger partial charge is 0.207 e. The maximum Gasteiger partial charge on any atom is 0.417 e. The number of hydrogen-bond donors (Lipinski definition) is 0. The Kier molecular flexibility index (Phi) is 3.23. The molecule has 0 saturated carbocycles. The van der Waals surface area contributed by atoms with Crippen LogP contribution in [0.3, 0.4) is 0 Å². The van der Waals surface area contributed by atoms with Gasteiger partial charge in [0.05, 0.1) is 10.5 Å². The zero-order valence-corrected chi connectivity index (χ0v) is 9.17. The van der Waals surface area contributed by atoms with Gasteiger partial charge in [-0.25, -0.2) is 8.42 Å². The van der Waals surface area contributed by atoms with E-state index >= 15 is 0 Å². The van der Waals surface area contributed by atoms with Crippen molar-refractivity contribution < 1.29 is 21.6 Å². The van der Waals surface area contributed by atoms with Crippen LogP contribution in [0.5, 0.6) is 0 Å². The number of halogens is 5. The molecule has 0 radical (unpaired) electrons. The Balaban J connectivity index is 3.55. The molecule has 0 bridgehead atoms. The fraction of sp³-hybridized carbons (Fsp3) is 0.143. The summed E-state index contributed by atoms with van der Waals surface area (Å²) in [6.07, 6.45) is -4.82. The standard InChI is InChI=1S/C7H3Cl2F3O2S/c8-4-1-2-6(15(9,13)14)5(3-4)7(10,11)12/h1-3H. The van der Waals surface area contributed by atoms with Gasteiger partial charge in [-0.15, -0.1) is 0 Å². The molecule has 84 valence electrons. The van der Waals surface area contributed by atoms with Crippen molar-refractivity contribution in [3.05, 3.63) is 28.8 Å². The molecule has 0 aliphatic heterocycles. The molecule has 1 rings (SSSR count). The molecule has 1 aromatic rings. The lowest BCUT2D eigenvalue weighted by molar-refractivity contribution is -0.139. The molecule has 8 heteroatoms. The zero-order valence-electron chi connectivity index (χ0n) is 6.85. The summed E-state index contributed by atoms with van der Waals surface area (Å²) < 4.78 is 58.8. The average Bonchev–Trinajstić information content (AvgIpc) is 2.00. The van der Waals surface area contributed by atoms with Crippen LogP contribution in [-0.2, 0) is 15.2 Å². The van der Waals surface area contributed by atoms with E-state index in [0.29, 0.717) is 12.1 Å². The fourth-order valence-corrected chi connectivity index (χ4v) is 2.18. The van der Waals surface area contributed by atoms with Crippen LogP contribution >= 0.6 is 22.3 Å². The molecule has 0 amide bonds. The molecule has 0 aliphatic rings. The molecular weight excluding hydrogens is 276 g/mol. The minimum atomic E-state index is -4.82. The fourth-order valence-electron chi connectivity index (χ4n) is 0.936. The highest BCUT2D eigenvalue weighted by Crippen LogP contribution is 2.36. The van der Waals surface area contributed by atoms with Gasteiger partial charge >= 0.3 is 6.18 Å². The lowest BCUT2D eigenvalue weighted by Gasteiger charge is -2.10. The Bertz CT molecular complexity index is 481. The molecule has 0 aliphatic carbocycles. The zero-order chi connectivity index (χ0) is 11.9. The summed E-state index contributed by atoms with van der Waals surface area (Å²) in [5, 5.41) is -0.216. The van der Waals surface area contributed by atoms with E-state index in [1.165, 1.54) is 0 Å². The van der Waals surface area contributed by atoms with Gasteiger partial charge in [-0.05, 0) is 18.2 Å². The van der Waals surface area contributed by atoms with Crippen molar-refractivity contribution in [1.29, 1.82) is 0 Å². The summed E-state index contributed by atoms with van der Waals surface area (Å²) in [7, 11) is 0.411. The van der Waals surface area contributed by atoms with Gasteiger partial charge < -0.3 is 0 Å². The first kappa shape index (κ1) is 12.6. The van der Waals surface area contributed by atoms with Crippen LogP contribution in [-0.4, -0.2) is 8.42 Å². The van der Waals surface area contributed by atoms with Gasteiger partial charge in [0.2, 0.25) is 0 Å². The van der Waals surface area contributed by atoms with Crippen molar-refractivity contribution in [3.8, 4) is 0 Å². The molecule has 0 spiro atoms. The molecule has 2 nitrogen and oxygen atoms in total. The summed E-state index contributed by atoms with van der Waals surface area (Å²) >= 11 is 5.34. The highest BCUT2D eigenvalue weighted by Gasteiger charge is 2.36. The van der Waals surface area contributed by atoms with Crippen molar-refractivity contribution in [2.75, 3.05) is 0 Å². The Hall–Kier alpha value is -0.460. The average molecular weight is 279 g/mol. The molecule has 0 aromatic heterocycles. The molecule has 0 atom stereocenters. The number of hydrogen-bond acceptors (Lipinski definition) is 2. The second kappa shape index (κ2) is 3.84. The van der Waals surface area contributed by atoms with E-state index in [0.717, 1.165) is 6.07 Å². The van der Waals surface area contributed by atoms with Crippen molar-refractivity contribution >= 4 is 31.3 Å². The van der Waals surface area contributed by atoms with Crippen LogP contribution in [0.2, 0.25) is 5.02 Å². The van der Waals surface area contributed by atoms with Crippen LogP contribution in [0, 0.1) is 0 Å². The van der Waals surface area contributed by atoms with Gasteiger partial charge in [-0.2, -0.15) is 13.2 Å². The quantitative estimate of drug-likeness (QED) is 0.739. The van der Waals surface area contributed by atoms with Crippen LogP contribution in [0.25, 0.3) is 0 Å². The van der Waals surface area contributed by atoms with Crippen molar-refractivity contribution in [2.24, 2.45) is 0 Å². The minimum absolute atomic E-state index is 0.216. The Morgan fingerprint density at radius 2 is 1.73 bits per heavy atom. The van der Waals surface area contributed by atoms with Crippen molar-refractivity contribution in [1.82, 2.24) is 0 Å². The topological polar surface area (TPSA) is 34.1 Å². The first-order valence-electron chi connectivity index (χ1n) is 3.44. The first-order valence-corrected chi connectivity index (χ1v) is 6.12. The number of benzene rings is 1. The van der Waals surface area contributed by atoms with E-state index < -0.39 is 25.7 Å². The van der Waals surface area contributed by atoms with E-state index in [1.807, 2.05) is 0 Å². The molecule has 0 fully saturated rings. The second-order valence-corrected chi connectivity index (χ2v) is 5.55. The summed E-state index contributed by atoms with van der Waals surface area (Å²) in [5.74, 6) is 0. The summed E-state index contributed by atoms with van der Waals surface area (Å²) in [4.78, 5) is -0.999. The maximum atomic E-state index is 12.4. The molecular formula is C7H3Cl2F3O2S. The van der Waals surface area contributed by atoms with Gasteiger partial charge in [-0.1, -0.05) is 11.6 Å². The summed E-state index contributed by atoms with van der Waals surface area (Å²) in [5.41, 5.74) is -1.37. The molecule has 0 unspecified atom stereocenters. The van der Waals surface area contributed by atoms with Crippen LogP contribution in [0.15, 0.2) is 23.1 Å². The second-order valence-electron chi connectivity index (χ2n) is 2.58. The highest BCUT2D eigenvalue weighted by atomic mass is 35.7. The van der Waals surface area contributed by atoms with Crippen LogP contribution < -0.4 is 0 Å². The highest BCUT2D eigenvalue weighted by molar-refractivity contribution is 8.13. The van der Waals surface area contributed by atoms with E-state index in [9.17, 15) is 21.6 Å². The molecule has 0 heterocycles. The molecule has 1 aromatic carbocycles. The SMILES string of the molecule is O=S(=O)(Cl)c1ccc(Cl)cc1C(F)(F)F. The Morgan fingerprint density at radius 1 is 1.20 bits per heavy atom. The van der Waals surface area contributed by atoms with Crippen molar-refractivity contribution in [3.63, 3.8) is 0 Å². The van der Waals surface area contributed by atoms with Gasteiger partial charge in [0.15, 0.2) is 0 Å². The van der Waals surface area contributed by atoms with Gasteiger partial charge in [0, 0.05) is 15.7 Å². The number of alkyl halides is 3. The largest absolute Gasteiger partial charge is 0.417 e. The van der Waals surface area contributed by atoms with Gasteiger partial charge in [-0.3, -0.25) is 0 Å². The summed E-state index contributed by atoms with van der Waals surface area (Å²) in [6, 6.07) is 2.25. The third-order valence-corrected chi connectivity index (χ3v) is 3.12. The van der Waals surface area contributed by atoms with E-state index in [2.05, 4.69) is 0 Å². The van der Waals surface area contributed by atoms with Gasteiger partial charge in [0.25, 0.3) is 9.05 Å². The van der Waals surface area contributed by atoms with Crippen LogP contribution in [0.4, 0.5) is 13.2 Å². The first-order chi connectivity index (χ1) is 6.62. The van der Waals surface area contributed by atoms with E-state index in [1.54, 1.807) is 0 Å². The minimum Gasteiger partial charge on any atom is -0.207 e. The molecule has 0 saturated heterocycles. The third kappa shape index (κ3) is 2.99. The Morgan fingerprint density at radius 3 is 2.13 bits per heavy atom.